The number of nitrogens with zero attached hydrogens (tertiary/aromatic N) is 5. The van der Waals surface area contributed by atoms with E-state index in [2.05, 4.69) is 34.9 Å². The SMILES string of the molecule is CCn1cc(CN2C[C@@H]3CN(C(=O)C(C)C)C[C@]3(C(=O)N3CCCC3)C2)c(C)n1. The molecule has 7 nitrogen and oxygen atoms in total. The molecule has 0 saturated carbocycles. The lowest BCUT2D eigenvalue weighted by atomic mass is 9.79. The van der Waals surface area contributed by atoms with Gasteiger partial charge in [-0.3, -0.25) is 19.2 Å². The topological polar surface area (TPSA) is 61.7 Å². The van der Waals surface area contributed by atoms with Gasteiger partial charge in [-0.15, -0.1) is 0 Å². The monoisotopic (exact) mass is 401 g/mol. The van der Waals surface area contributed by atoms with Crippen LogP contribution in [0.5, 0.6) is 0 Å². The number of fused-ring (bicyclic) bond motifs is 1. The minimum Gasteiger partial charge on any atom is -0.342 e. The third-order valence-corrected chi connectivity index (χ3v) is 7.07. The van der Waals surface area contributed by atoms with Gasteiger partial charge in [0.25, 0.3) is 0 Å². The normalized spacial score (nSPS) is 27.3. The summed E-state index contributed by atoms with van der Waals surface area (Å²) >= 11 is 0. The molecule has 160 valence electrons. The Morgan fingerprint density at radius 1 is 1.17 bits per heavy atom. The van der Waals surface area contributed by atoms with Gasteiger partial charge in [-0.1, -0.05) is 13.8 Å². The first kappa shape index (κ1) is 20.4. The van der Waals surface area contributed by atoms with E-state index in [4.69, 9.17) is 0 Å². The molecule has 1 aromatic rings. The molecule has 3 saturated heterocycles. The fourth-order valence-electron chi connectivity index (χ4n) is 5.48. The highest BCUT2D eigenvalue weighted by molar-refractivity contribution is 5.87. The molecular weight excluding hydrogens is 366 g/mol. The van der Waals surface area contributed by atoms with Gasteiger partial charge >= 0.3 is 0 Å². The Balaban J connectivity index is 1.55. The van der Waals surface area contributed by atoms with Crippen LogP contribution in [0.4, 0.5) is 0 Å². The number of aromatic nitrogens is 2. The third-order valence-electron chi connectivity index (χ3n) is 7.07. The standard InChI is InChI=1S/C22H35N5O2/c1-5-27-11-18(17(4)23-27)10-24-12-19-13-26(20(28)16(2)3)15-22(19,14-24)21(29)25-8-6-7-9-25/h11,16,19H,5-10,12-15H2,1-4H3/t19-,22-/m1/s1. The van der Waals surface area contributed by atoms with Crippen LogP contribution in [0.2, 0.25) is 0 Å². The van der Waals surface area contributed by atoms with E-state index >= 15 is 0 Å². The van der Waals surface area contributed by atoms with Gasteiger partial charge in [0, 0.05) is 76.0 Å². The van der Waals surface area contributed by atoms with Crippen LogP contribution in [0.3, 0.4) is 0 Å². The van der Waals surface area contributed by atoms with Gasteiger partial charge < -0.3 is 9.80 Å². The van der Waals surface area contributed by atoms with Crippen LogP contribution in [0, 0.1) is 24.2 Å². The number of carbonyl (C=O) groups is 2. The number of aryl methyl sites for hydroxylation is 2. The first-order valence-corrected chi connectivity index (χ1v) is 11.2. The van der Waals surface area contributed by atoms with Gasteiger partial charge in [-0.2, -0.15) is 5.10 Å². The molecule has 0 unspecified atom stereocenters. The molecule has 29 heavy (non-hydrogen) atoms. The summed E-state index contributed by atoms with van der Waals surface area (Å²) in [6.45, 7) is 14.4. The minimum atomic E-state index is -0.441. The highest BCUT2D eigenvalue weighted by atomic mass is 16.2. The predicted molar refractivity (Wildman–Crippen MR) is 111 cm³/mol. The van der Waals surface area contributed by atoms with Gasteiger partial charge in [-0.25, -0.2) is 0 Å². The van der Waals surface area contributed by atoms with E-state index in [0.29, 0.717) is 13.1 Å². The fourth-order valence-corrected chi connectivity index (χ4v) is 5.48. The Hall–Kier alpha value is -1.89. The van der Waals surface area contributed by atoms with Crippen molar-refractivity contribution < 1.29 is 9.59 Å². The van der Waals surface area contributed by atoms with E-state index in [9.17, 15) is 9.59 Å². The van der Waals surface area contributed by atoms with Crippen LogP contribution in [0.1, 0.15) is 44.9 Å². The van der Waals surface area contributed by atoms with Crippen molar-refractivity contribution in [3.63, 3.8) is 0 Å². The molecule has 7 heteroatoms. The molecule has 4 rings (SSSR count). The predicted octanol–water partition coefficient (Wildman–Crippen LogP) is 1.75. The zero-order chi connectivity index (χ0) is 20.8. The van der Waals surface area contributed by atoms with Gasteiger partial charge in [0.1, 0.15) is 0 Å². The molecule has 3 aliphatic rings. The minimum absolute atomic E-state index is 0.0219. The van der Waals surface area contributed by atoms with E-state index in [1.54, 1.807) is 0 Å². The average Bonchev–Trinajstić information content (AvgIpc) is 3.44. The Labute approximate surface area is 174 Å². The number of carbonyl (C=O) groups excluding carboxylic acids is 2. The van der Waals surface area contributed by atoms with Crippen LogP contribution < -0.4 is 0 Å². The lowest BCUT2D eigenvalue weighted by Crippen LogP contribution is -2.49. The summed E-state index contributed by atoms with van der Waals surface area (Å²) < 4.78 is 1.98. The van der Waals surface area contributed by atoms with Gasteiger partial charge in [0.15, 0.2) is 0 Å². The van der Waals surface area contributed by atoms with Crippen molar-refractivity contribution in [1.29, 1.82) is 0 Å². The lowest BCUT2D eigenvalue weighted by molar-refractivity contribution is -0.142. The number of hydrogen-bond donors (Lipinski definition) is 0. The molecular formula is C22H35N5O2. The quantitative estimate of drug-likeness (QED) is 0.754. The maximum absolute atomic E-state index is 13.6. The molecule has 3 aliphatic heterocycles. The van der Waals surface area contributed by atoms with Crippen molar-refractivity contribution >= 4 is 11.8 Å². The Bertz CT molecular complexity index is 782. The van der Waals surface area contributed by atoms with Crippen molar-refractivity contribution in [3.8, 4) is 0 Å². The summed E-state index contributed by atoms with van der Waals surface area (Å²) in [6, 6.07) is 0. The van der Waals surface area contributed by atoms with Crippen molar-refractivity contribution in [1.82, 2.24) is 24.5 Å². The fraction of sp³-hybridized carbons (Fsp3) is 0.773. The van der Waals surface area contributed by atoms with Crippen LogP contribution in [0.25, 0.3) is 0 Å². The number of amides is 2. The van der Waals surface area contributed by atoms with Crippen LogP contribution in [-0.4, -0.2) is 75.6 Å². The molecule has 0 aromatic carbocycles. The smallest absolute Gasteiger partial charge is 0.232 e. The molecule has 0 N–H and O–H groups in total. The maximum Gasteiger partial charge on any atom is 0.232 e. The van der Waals surface area contributed by atoms with Crippen molar-refractivity contribution in [3.05, 3.63) is 17.5 Å². The Morgan fingerprint density at radius 2 is 1.90 bits per heavy atom. The molecule has 0 spiro atoms. The summed E-state index contributed by atoms with van der Waals surface area (Å²) in [5, 5.41) is 4.58. The van der Waals surface area contributed by atoms with E-state index in [0.717, 1.165) is 57.8 Å². The molecule has 2 amide bonds. The number of rotatable bonds is 5. The second-order valence-electron chi connectivity index (χ2n) is 9.49. The zero-order valence-electron chi connectivity index (χ0n) is 18.4. The Morgan fingerprint density at radius 3 is 2.52 bits per heavy atom. The lowest BCUT2D eigenvalue weighted by Gasteiger charge is -2.32. The molecule has 2 atom stereocenters. The van der Waals surface area contributed by atoms with Crippen LogP contribution in [0.15, 0.2) is 6.20 Å². The molecule has 0 radical (unpaired) electrons. The van der Waals surface area contributed by atoms with Crippen LogP contribution in [-0.2, 0) is 22.7 Å². The second kappa shape index (κ2) is 7.74. The maximum atomic E-state index is 13.6. The van der Waals surface area contributed by atoms with E-state index in [1.165, 1.54) is 5.56 Å². The van der Waals surface area contributed by atoms with Crippen molar-refractivity contribution in [2.24, 2.45) is 17.3 Å². The number of likely N-dealkylation sites (tertiary alicyclic amines) is 3. The summed E-state index contributed by atoms with van der Waals surface area (Å²) in [5.41, 5.74) is 1.87. The number of hydrogen-bond acceptors (Lipinski definition) is 4. The van der Waals surface area contributed by atoms with Gasteiger partial charge in [0.2, 0.25) is 11.8 Å². The van der Waals surface area contributed by atoms with E-state index < -0.39 is 5.41 Å². The molecule has 1 aromatic heterocycles. The first-order valence-electron chi connectivity index (χ1n) is 11.2. The third kappa shape index (κ3) is 3.58. The summed E-state index contributed by atoms with van der Waals surface area (Å²) in [5.74, 6) is 0.661. The molecule has 3 fully saturated rings. The first-order chi connectivity index (χ1) is 13.8. The largest absolute Gasteiger partial charge is 0.342 e. The summed E-state index contributed by atoms with van der Waals surface area (Å²) in [7, 11) is 0. The van der Waals surface area contributed by atoms with Crippen molar-refractivity contribution in [2.45, 2.75) is 53.6 Å². The van der Waals surface area contributed by atoms with Crippen LogP contribution >= 0.6 is 0 Å². The average molecular weight is 402 g/mol. The summed E-state index contributed by atoms with van der Waals surface area (Å²) in [6.07, 6.45) is 4.33. The van der Waals surface area contributed by atoms with Crippen molar-refractivity contribution in [2.75, 3.05) is 39.3 Å². The zero-order valence-corrected chi connectivity index (χ0v) is 18.4. The highest BCUT2D eigenvalue weighted by Gasteiger charge is 2.59. The summed E-state index contributed by atoms with van der Waals surface area (Å²) in [4.78, 5) is 32.8. The van der Waals surface area contributed by atoms with Gasteiger partial charge in [0.05, 0.1) is 11.1 Å². The Kier molecular flexibility index (Phi) is 5.44. The molecule has 0 aliphatic carbocycles. The van der Waals surface area contributed by atoms with Gasteiger partial charge in [-0.05, 0) is 26.7 Å². The van der Waals surface area contributed by atoms with E-state index in [1.807, 2.05) is 23.4 Å². The van der Waals surface area contributed by atoms with E-state index in [-0.39, 0.29) is 23.7 Å². The molecule has 0 bridgehead atoms. The second-order valence-corrected chi connectivity index (χ2v) is 9.49. The highest BCUT2D eigenvalue weighted by Crippen LogP contribution is 2.45. The molecule has 4 heterocycles.